The van der Waals surface area contributed by atoms with E-state index in [-0.39, 0.29) is 23.0 Å². The summed E-state index contributed by atoms with van der Waals surface area (Å²) in [5.74, 6) is 1.40. The molecule has 2 N–H and O–H groups in total. The molecule has 4 aliphatic carbocycles. The average Bonchev–Trinajstić information content (AvgIpc) is 2.77. The molecule has 4 rings (SSSR count). The van der Waals surface area contributed by atoms with Crippen molar-refractivity contribution in [2.75, 3.05) is 0 Å². The molecule has 0 radical (unpaired) electrons. The maximum atomic E-state index is 10.5. The largest absolute Gasteiger partial charge is 0.393 e. The van der Waals surface area contributed by atoms with Gasteiger partial charge in [0.25, 0.3) is 0 Å². The van der Waals surface area contributed by atoms with Crippen LogP contribution in [0, 0.1) is 28.1 Å². The minimum absolute atomic E-state index is 0.0894. The smallest absolute Gasteiger partial charge is 0.0596 e. The Morgan fingerprint density at radius 3 is 2.50 bits per heavy atom. The third-order valence-corrected chi connectivity index (χ3v) is 8.87. The highest BCUT2D eigenvalue weighted by Gasteiger charge is 2.63. The molecule has 0 spiro atoms. The molecule has 3 fully saturated rings. The Bertz CT molecular complexity index is 512. The SMILES string of the molecule is C[C@]12CC[C@@]3(C)[C@@H](CC=C4C[C@@H](O)CC[C@@]43C)[C@@H]1CC[C@@H]2O. The molecule has 7 atom stereocenters. The van der Waals surface area contributed by atoms with Gasteiger partial charge in [0.15, 0.2) is 0 Å². The van der Waals surface area contributed by atoms with Gasteiger partial charge in [-0.05, 0) is 79.4 Å². The van der Waals surface area contributed by atoms with Crippen molar-refractivity contribution in [2.24, 2.45) is 28.1 Å². The first-order valence-electron chi connectivity index (χ1n) is 9.37. The van der Waals surface area contributed by atoms with Crippen LogP contribution in [0.4, 0.5) is 0 Å². The molecule has 0 heterocycles. The summed E-state index contributed by atoms with van der Waals surface area (Å²) in [6.07, 6.45) is 11.0. The number of allylic oxidation sites excluding steroid dienone is 1. The average molecular weight is 304 g/mol. The van der Waals surface area contributed by atoms with Gasteiger partial charge in [0.2, 0.25) is 0 Å². The van der Waals surface area contributed by atoms with E-state index in [1.807, 2.05) is 0 Å². The van der Waals surface area contributed by atoms with Gasteiger partial charge in [0, 0.05) is 0 Å². The third-order valence-electron chi connectivity index (χ3n) is 8.87. The van der Waals surface area contributed by atoms with Crippen LogP contribution >= 0.6 is 0 Å². The number of aliphatic hydroxyl groups is 2. The summed E-state index contributed by atoms with van der Waals surface area (Å²) in [6, 6.07) is 0. The van der Waals surface area contributed by atoms with Crippen molar-refractivity contribution in [2.45, 2.75) is 84.3 Å². The zero-order valence-electron chi connectivity index (χ0n) is 14.4. The molecular formula is C20H32O2. The molecule has 0 aromatic rings. The van der Waals surface area contributed by atoms with E-state index in [0.29, 0.717) is 17.3 Å². The first-order chi connectivity index (χ1) is 10.3. The number of rotatable bonds is 0. The van der Waals surface area contributed by atoms with E-state index < -0.39 is 0 Å². The molecule has 0 aromatic heterocycles. The Morgan fingerprint density at radius 2 is 1.73 bits per heavy atom. The van der Waals surface area contributed by atoms with E-state index in [2.05, 4.69) is 26.8 Å². The van der Waals surface area contributed by atoms with E-state index in [0.717, 1.165) is 25.7 Å². The van der Waals surface area contributed by atoms with Gasteiger partial charge in [-0.3, -0.25) is 0 Å². The fourth-order valence-corrected chi connectivity index (χ4v) is 6.95. The maximum absolute atomic E-state index is 10.5. The summed E-state index contributed by atoms with van der Waals surface area (Å²) in [6.45, 7) is 7.36. The van der Waals surface area contributed by atoms with Crippen molar-refractivity contribution in [3.8, 4) is 0 Å². The predicted molar refractivity (Wildman–Crippen MR) is 88.3 cm³/mol. The van der Waals surface area contributed by atoms with Gasteiger partial charge in [0.1, 0.15) is 0 Å². The number of fused-ring (bicyclic) bond motifs is 5. The van der Waals surface area contributed by atoms with Crippen LogP contribution in [0.5, 0.6) is 0 Å². The van der Waals surface area contributed by atoms with E-state index in [9.17, 15) is 10.2 Å². The second-order valence-electron chi connectivity index (χ2n) is 9.42. The molecule has 22 heavy (non-hydrogen) atoms. The standard InChI is InChI=1S/C20H32O2/c1-18-10-11-20(3)16(15(18)6-7-17(18)22)5-4-13-12-14(21)8-9-19(13,20)2/h4,14-17,21-22H,5-12H2,1-3H3/t14-,15-,16-,17-,18-,19-,20-/m0/s1. The molecule has 0 aromatic carbocycles. The Labute approximate surface area is 135 Å². The van der Waals surface area contributed by atoms with Crippen molar-refractivity contribution >= 4 is 0 Å². The number of hydrogen-bond acceptors (Lipinski definition) is 2. The van der Waals surface area contributed by atoms with Gasteiger partial charge < -0.3 is 10.2 Å². The van der Waals surface area contributed by atoms with E-state index >= 15 is 0 Å². The number of aliphatic hydroxyl groups excluding tert-OH is 2. The third kappa shape index (κ3) is 1.69. The van der Waals surface area contributed by atoms with Crippen molar-refractivity contribution in [1.29, 1.82) is 0 Å². The molecule has 2 heteroatoms. The van der Waals surface area contributed by atoms with Gasteiger partial charge in [0.05, 0.1) is 12.2 Å². The topological polar surface area (TPSA) is 40.5 Å². The molecule has 2 nitrogen and oxygen atoms in total. The molecule has 0 saturated heterocycles. The Hall–Kier alpha value is -0.340. The van der Waals surface area contributed by atoms with Crippen molar-refractivity contribution in [3.63, 3.8) is 0 Å². The van der Waals surface area contributed by atoms with Gasteiger partial charge in [-0.2, -0.15) is 0 Å². The fraction of sp³-hybridized carbons (Fsp3) is 0.900. The summed E-state index contributed by atoms with van der Waals surface area (Å²) in [5.41, 5.74) is 2.31. The summed E-state index contributed by atoms with van der Waals surface area (Å²) in [4.78, 5) is 0. The highest BCUT2D eigenvalue weighted by atomic mass is 16.3. The molecule has 0 unspecified atom stereocenters. The van der Waals surface area contributed by atoms with Gasteiger partial charge >= 0.3 is 0 Å². The minimum Gasteiger partial charge on any atom is -0.393 e. The Balaban J connectivity index is 1.75. The number of hydrogen-bond donors (Lipinski definition) is 2. The van der Waals surface area contributed by atoms with Gasteiger partial charge in [-0.15, -0.1) is 0 Å². The molecule has 4 aliphatic rings. The van der Waals surface area contributed by atoms with Crippen LogP contribution < -0.4 is 0 Å². The fourth-order valence-electron chi connectivity index (χ4n) is 6.95. The van der Waals surface area contributed by atoms with Crippen LogP contribution in [0.1, 0.15) is 72.1 Å². The zero-order chi connectivity index (χ0) is 15.8. The van der Waals surface area contributed by atoms with Crippen molar-refractivity contribution < 1.29 is 10.2 Å². The zero-order valence-corrected chi connectivity index (χ0v) is 14.4. The van der Waals surface area contributed by atoms with Gasteiger partial charge in [-0.1, -0.05) is 32.4 Å². The Morgan fingerprint density at radius 1 is 0.955 bits per heavy atom. The lowest BCUT2D eigenvalue weighted by atomic mass is 9.41. The van der Waals surface area contributed by atoms with Crippen LogP contribution in [-0.2, 0) is 0 Å². The van der Waals surface area contributed by atoms with Crippen LogP contribution in [-0.4, -0.2) is 22.4 Å². The highest BCUT2D eigenvalue weighted by molar-refractivity contribution is 5.28. The minimum atomic E-state index is -0.123. The summed E-state index contributed by atoms with van der Waals surface area (Å²) >= 11 is 0. The van der Waals surface area contributed by atoms with Crippen LogP contribution in [0.15, 0.2) is 11.6 Å². The second-order valence-corrected chi connectivity index (χ2v) is 9.42. The quantitative estimate of drug-likeness (QED) is 0.663. The Kier molecular flexibility index (Phi) is 3.18. The first-order valence-corrected chi connectivity index (χ1v) is 9.37. The van der Waals surface area contributed by atoms with Crippen molar-refractivity contribution in [1.82, 2.24) is 0 Å². The summed E-state index contributed by atoms with van der Waals surface area (Å²) in [7, 11) is 0. The lowest BCUT2D eigenvalue weighted by Gasteiger charge is -2.64. The normalized spacial score (nSPS) is 57.6. The first kappa shape index (κ1) is 15.2. The van der Waals surface area contributed by atoms with Crippen LogP contribution in [0.25, 0.3) is 0 Å². The lowest BCUT2D eigenvalue weighted by molar-refractivity contribution is -0.125. The molecular weight excluding hydrogens is 272 g/mol. The van der Waals surface area contributed by atoms with E-state index in [1.54, 1.807) is 0 Å². The second kappa shape index (κ2) is 4.60. The van der Waals surface area contributed by atoms with Crippen LogP contribution in [0.2, 0.25) is 0 Å². The molecule has 0 aliphatic heterocycles. The monoisotopic (exact) mass is 304 g/mol. The summed E-state index contributed by atoms with van der Waals surface area (Å²) in [5, 5.41) is 20.6. The van der Waals surface area contributed by atoms with E-state index in [1.165, 1.54) is 31.3 Å². The predicted octanol–water partition coefficient (Wildman–Crippen LogP) is 4.06. The van der Waals surface area contributed by atoms with E-state index in [4.69, 9.17) is 0 Å². The maximum Gasteiger partial charge on any atom is 0.0596 e. The van der Waals surface area contributed by atoms with Crippen LogP contribution in [0.3, 0.4) is 0 Å². The molecule has 124 valence electrons. The molecule has 0 bridgehead atoms. The van der Waals surface area contributed by atoms with Crippen molar-refractivity contribution in [3.05, 3.63) is 11.6 Å². The highest BCUT2D eigenvalue weighted by Crippen LogP contribution is 2.70. The molecule has 0 amide bonds. The summed E-state index contributed by atoms with van der Waals surface area (Å²) < 4.78 is 0. The lowest BCUT2D eigenvalue weighted by Crippen LogP contribution is -2.57. The molecule has 3 saturated carbocycles. The van der Waals surface area contributed by atoms with Gasteiger partial charge in [-0.25, -0.2) is 0 Å².